The SMILES string of the molecule is O=C(O)Cc1cc2c(Oc3ccc(-c4ccccc4)cc3)cncc2s1. The average Bonchev–Trinajstić information content (AvgIpc) is 3.06. The molecule has 2 aromatic heterocycles. The van der Waals surface area contributed by atoms with Gasteiger partial charge in [-0.2, -0.15) is 0 Å². The second-order valence-corrected chi connectivity index (χ2v) is 6.99. The molecule has 2 heterocycles. The average molecular weight is 361 g/mol. The molecule has 0 saturated heterocycles. The maximum atomic E-state index is 10.9. The number of carboxylic acid groups (broad SMARTS) is 1. The molecule has 0 radical (unpaired) electrons. The molecule has 128 valence electrons. The second-order valence-electron chi connectivity index (χ2n) is 5.83. The summed E-state index contributed by atoms with van der Waals surface area (Å²) in [7, 11) is 0. The van der Waals surface area contributed by atoms with Crippen molar-refractivity contribution in [3.8, 4) is 22.6 Å². The Morgan fingerprint density at radius 3 is 2.46 bits per heavy atom. The van der Waals surface area contributed by atoms with Gasteiger partial charge in [-0.1, -0.05) is 42.5 Å². The Kier molecular flexibility index (Phi) is 4.37. The van der Waals surface area contributed by atoms with Gasteiger partial charge in [-0.05, 0) is 29.3 Å². The van der Waals surface area contributed by atoms with E-state index < -0.39 is 5.97 Å². The monoisotopic (exact) mass is 361 g/mol. The lowest BCUT2D eigenvalue weighted by molar-refractivity contribution is -0.136. The normalized spacial score (nSPS) is 10.8. The van der Waals surface area contributed by atoms with Crippen molar-refractivity contribution in [3.63, 3.8) is 0 Å². The molecule has 0 fully saturated rings. The Hall–Kier alpha value is -3.18. The Morgan fingerprint density at radius 1 is 1.00 bits per heavy atom. The minimum Gasteiger partial charge on any atom is -0.481 e. The number of nitrogens with zero attached hydrogens (tertiary/aromatic N) is 1. The molecule has 0 aliphatic carbocycles. The molecule has 0 unspecified atom stereocenters. The van der Waals surface area contributed by atoms with E-state index in [1.807, 2.05) is 48.5 Å². The number of benzene rings is 2. The summed E-state index contributed by atoms with van der Waals surface area (Å²) < 4.78 is 6.91. The van der Waals surface area contributed by atoms with Crippen molar-refractivity contribution >= 4 is 27.4 Å². The maximum Gasteiger partial charge on any atom is 0.308 e. The molecule has 2 aromatic carbocycles. The first-order chi connectivity index (χ1) is 12.7. The number of rotatable bonds is 5. The number of hydrogen-bond donors (Lipinski definition) is 1. The van der Waals surface area contributed by atoms with Crippen molar-refractivity contribution < 1.29 is 14.6 Å². The number of aliphatic carboxylic acids is 1. The third kappa shape index (κ3) is 3.43. The molecule has 0 spiro atoms. The molecule has 0 saturated carbocycles. The van der Waals surface area contributed by atoms with Gasteiger partial charge < -0.3 is 9.84 Å². The van der Waals surface area contributed by atoms with E-state index in [9.17, 15) is 4.79 Å². The van der Waals surface area contributed by atoms with E-state index in [1.54, 1.807) is 12.4 Å². The fourth-order valence-electron chi connectivity index (χ4n) is 2.78. The van der Waals surface area contributed by atoms with E-state index in [4.69, 9.17) is 9.84 Å². The summed E-state index contributed by atoms with van der Waals surface area (Å²) in [5.74, 6) is 0.497. The summed E-state index contributed by atoms with van der Waals surface area (Å²) in [5, 5.41) is 9.86. The van der Waals surface area contributed by atoms with Crippen molar-refractivity contribution in [2.75, 3.05) is 0 Å². The van der Waals surface area contributed by atoms with Crippen molar-refractivity contribution in [3.05, 3.63) is 77.9 Å². The van der Waals surface area contributed by atoms with Crippen molar-refractivity contribution in [2.24, 2.45) is 0 Å². The van der Waals surface area contributed by atoms with Crippen LogP contribution in [0, 0.1) is 0 Å². The third-order valence-corrected chi connectivity index (χ3v) is 5.05. The quantitative estimate of drug-likeness (QED) is 0.518. The van der Waals surface area contributed by atoms with Crippen LogP contribution in [-0.4, -0.2) is 16.1 Å². The number of ether oxygens (including phenoxy) is 1. The number of pyridine rings is 1. The van der Waals surface area contributed by atoms with Crippen LogP contribution in [0.4, 0.5) is 0 Å². The summed E-state index contributed by atoms with van der Waals surface area (Å²) in [6, 6.07) is 19.9. The molecular weight excluding hydrogens is 346 g/mol. The highest BCUT2D eigenvalue weighted by molar-refractivity contribution is 7.19. The standard InChI is InChI=1S/C21H15NO3S/c23-21(24)11-17-10-18-19(12-22-13-20(18)26-17)25-16-8-6-15(7-9-16)14-4-2-1-3-5-14/h1-10,12-13H,11H2,(H,23,24). The van der Waals surface area contributed by atoms with Crippen LogP contribution >= 0.6 is 11.3 Å². The first kappa shape index (κ1) is 16.3. The van der Waals surface area contributed by atoms with Gasteiger partial charge in [0.25, 0.3) is 0 Å². The minimum atomic E-state index is -0.844. The van der Waals surface area contributed by atoms with Crippen LogP contribution < -0.4 is 4.74 Å². The minimum absolute atomic E-state index is 0.00452. The Balaban J connectivity index is 1.61. The largest absolute Gasteiger partial charge is 0.481 e. The highest BCUT2D eigenvalue weighted by Gasteiger charge is 2.11. The van der Waals surface area contributed by atoms with Gasteiger partial charge in [0.1, 0.15) is 5.75 Å². The van der Waals surface area contributed by atoms with Crippen LogP contribution in [0.1, 0.15) is 4.88 Å². The van der Waals surface area contributed by atoms with Crippen LogP contribution in [0.5, 0.6) is 11.5 Å². The zero-order valence-electron chi connectivity index (χ0n) is 13.8. The first-order valence-corrected chi connectivity index (χ1v) is 8.92. The third-order valence-electron chi connectivity index (χ3n) is 3.98. The van der Waals surface area contributed by atoms with Crippen molar-refractivity contribution in [1.29, 1.82) is 0 Å². The number of thiophene rings is 1. The lowest BCUT2D eigenvalue weighted by Gasteiger charge is -2.08. The van der Waals surface area contributed by atoms with Gasteiger partial charge in [-0.15, -0.1) is 11.3 Å². The van der Waals surface area contributed by atoms with Gasteiger partial charge in [0.2, 0.25) is 0 Å². The van der Waals surface area contributed by atoms with E-state index >= 15 is 0 Å². The summed E-state index contributed by atoms with van der Waals surface area (Å²) in [4.78, 5) is 15.9. The lowest BCUT2D eigenvalue weighted by Crippen LogP contribution is -1.96. The Labute approximate surface area is 154 Å². The predicted molar refractivity (Wildman–Crippen MR) is 103 cm³/mol. The van der Waals surface area contributed by atoms with E-state index in [0.29, 0.717) is 11.5 Å². The summed E-state index contributed by atoms with van der Waals surface area (Å²) in [5.41, 5.74) is 2.27. The van der Waals surface area contributed by atoms with Gasteiger partial charge in [-0.25, -0.2) is 0 Å². The molecule has 4 aromatic rings. The van der Waals surface area contributed by atoms with Gasteiger partial charge >= 0.3 is 5.97 Å². The summed E-state index contributed by atoms with van der Waals surface area (Å²) in [6.07, 6.45) is 3.39. The Bertz CT molecular complexity index is 1060. The van der Waals surface area contributed by atoms with E-state index in [0.717, 1.165) is 26.1 Å². The second kappa shape index (κ2) is 6.98. The van der Waals surface area contributed by atoms with E-state index in [2.05, 4.69) is 17.1 Å². The van der Waals surface area contributed by atoms with E-state index in [1.165, 1.54) is 11.3 Å². The van der Waals surface area contributed by atoms with Crippen LogP contribution in [0.15, 0.2) is 73.1 Å². The zero-order chi connectivity index (χ0) is 17.9. The van der Waals surface area contributed by atoms with Gasteiger partial charge in [0.05, 0.1) is 17.3 Å². The summed E-state index contributed by atoms with van der Waals surface area (Å²) in [6.45, 7) is 0. The van der Waals surface area contributed by atoms with Crippen LogP contribution in [0.2, 0.25) is 0 Å². The zero-order valence-corrected chi connectivity index (χ0v) is 14.6. The van der Waals surface area contributed by atoms with Crippen LogP contribution in [0.25, 0.3) is 21.2 Å². The smallest absolute Gasteiger partial charge is 0.308 e. The van der Waals surface area contributed by atoms with Gasteiger partial charge in [0, 0.05) is 16.5 Å². The van der Waals surface area contributed by atoms with Crippen LogP contribution in [-0.2, 0) is 11.2 Å². The number of hydrogen-bond acceptors (Lipinski definition) is 4. The maximum absolute atomic E-state index is 10.9. The van der Waals surface area contributed by atoms with Crippen molar-refractivity contribution in [1.82, 2.24) is 4.98 Å². The fourth-order valence-corrected chi connectivity index (χ4v) is 3.82. The Morgan fingerprint density at radius 2 is 1.73 bits per heavy atom. The number of carboxylic acids is 1. The molecule has 1 N–H and O–H groups in total. The summed E-state index contributed by atoms with van der Waals surface area (Å²) >= 11 is 1.43. The molecule has 0 aliphatic heterocycles. The predicted octanol–water partition coefficient (Wildman–Crippen LogP) is 5.38. The highest BCUT2D eigenvalue weighted by atomic mass is 32.1. The van der Waals surface area contributed by atoms with Crippen molar-refractivity contribution in [2.45, 2.75) is 6.42 Å². The topological polar surface area (TPSA) is 59.4 Å². The molecule has 5 heteroatoms. The molecule has 0 amide bonds. The molecule has 0 bridgehead atoms. The number of carbonyl (C=O) groups is 1. The van der Waals surface area contributed by atoms with Crippen LogP contribution in [0.3, 0.4) is 0 Å². The molecule has 4 nitrogen and oxygen atoms in total. The van der Waals surface area contributed by atoms with Gasteiger partial charge in [0.15, 0.2) is 5.75 Å². The molecule has 4 rings (SSSR count). The number of aromatic nitrogens is 1. The first-order valence-electron chi connectivity index (χ1n) is 8.10. The molecule has 0 atom stereocenters. The highest BCUT2D eigenvalue weighted by Crippen LogP contribution is 2.35. The van der Waals surface area contributed by atoms with E-state index in [-0.39, 0.29) is 6.42 Å². The molecule has 0 aliphatic rings. The fraction of sp³-hybridized carbons (Fsp3) is 0.0476. The number of fused-ring (bicyclic) bond motifs is 1. The molecular formula is C21H15NO3S. The molecule has 26 heavy (non-hydrogen) atoms. The lowest BCUT2D eigenvalue weighted by atomic mass is 10.1. The van der Waals surface area contributed by atoms with Gasteiger partial charge in [-0.3, -0.25) is 9.78 Å².